The molecule has 0 aliphatic carbocycles. The lowest BCUT2D eigenvalue weighted by Crippen LogP contribution is -2.52. The van der Waals surface area contributed by atoms with E-state index in [2.05, 4.69) is 15.5 Å². The Balaban J connectivity index is 1.61. The van der Waals surface area contributed by atoms with E-state index in [-0.39, 0.29) is 17.9 Å². The first-order valence-electron chi connectivity index (χ1n) is 10.8. The average molecular weight is 446 g/mol. The van der Waals surface area contributed by atoms with E-state index in [0.717, 1.165) is 5.69 Å². The third-order valence-corrected chi connectivity index (χ3v) is 5.66. The zero-order chi connectivity index (χ0) is 23.4. The summed E-state index contributed by atoms with van der Waals surface area (Å²) in [5.41, 5.74) is 2.07. The van der Waals surface area contributed by atoms with Crippen molar-refractivity contribution >= 4 is 23.6 Å². The number of nitrogens with one attached hydrogen (secondary N) is 1. The molecule has 174 valence electrons. The highest BCUT2D eigenvalue weighted by molar-refractivity contribution is 5.94. The third kappa shape index (κ3) is 4.92. The van der Waals surface area contributed by atoms with E-state index in [1.165, 1.54) is 0 Å². The lowest BCUT2D eigenvalue weighted by Gasteiger charge is -2.35. The predicted molar refractivity (Wildman–Crippen MR) is 117 cm³/mol. The van der Waals surface area contributed by atoms with Gasteiger partial charge in [0.2, 0.25) is 11.8 Å². The first-order valence-corrected chi connectivity index (χ1v) is 10.8. The molecular formula is C21H31N7O4. The van der Waals surface area contributed by atoms with Gasteiger partial charge in [-0.2, -0.15) is 10.2 Å². The lowest BCUT2D eigenvalue weighted by atomic mass is 10.2. The number of aryl methyl sites for hydroxylation is 2. The van der Waals surface area contributed by atoms with Gasteiger partial charge < -0.3 is 19.9 Å². The van der Waals surface area contributed by atoms with E-state index in [4.69, 9.17) is 4.74 Å². The quantitative estimate of drug-likeness (QED) is 0.725. The summed E-state index contributed by atoms with van der Waals surface area (Å²) in [5, 5.41) is 11.5. The molecule has 2 aromatic rings. The number of carbonyl (C=O) groups is 3. The fourth-order valence-electron chi connectivity index (χ4n) is 3.64. The minimum atomic E-state index is -0.542. The van der Waals surface area contributed by atoms with Crippen LogP contribution in [0.25, 0.3) is 0 Å². The number of piperazine rings is 1. The molecule has 1 aliphatic heterocycles. The van der Waals surface area contributed by atoms with Crippen LogP contribution in [0.15, 0.2) is 18.5 Å². The molecule has 1 saturated heterocycles. The van der Waals surface area contributed by atoms with Crippen LogP contribution in [0.5, 0.6) is 0 Å². The van der Waals surface area contributed by atoms with Gasteiger partial charge in [-0.1, -0.05) is 0 Å². The molecule has 1 aliphatic rings. The van der Waals surface area contributed by atoms with E-state index in [1.54, 1.807) is 59.3 Å². The minimum Gasteiger partial charge on any atom is -0.450 e. The first-order chi connectivity index (χ1) is 15.2. The molecule has 2 aromatic heterocycles. The molecule has 0 bridgehead atoms. The fraction of sp³-hybridized carbons (Fsp3) is 0.571. The van der Waals surface area contributed by atoms with Crippen LogP contribution in [0.2, 0.25) is 0 Å². The molecule has 3 amide bonds. The number of hydrogen-bond donors (Lipinski definition) is 1. The van der Waals surface area contributed by atoms with E-state index in [9.17, 15) is 14.4 Å². The maximum Gasteiger partial charge on any atom is 0.409 e. The Labute approximate surface area is 187 Å². The molecule has 11 heteroatoms. The van der Waals surface area contributed by atoms with Gasteiger partial charge in [-0.25, -0.2) is 4.79 Å². The summed E-state index contributed by atoms with van der Waals surface area (Å²) >= 11 is 0. The van der Waals surface area contributed by atoms with Gasteiger partial charge in [0.25, 0.3) is 0 Å². The second-order valence-corrected chi connectivity index (χ2v) is 7.88. The number of carbonyl (C=O) groups excluding carboxylic acids is 3. The predicted octanol–water partition coefficient (Wildman–Crippen LogP) is 1.76. The van der Waals surface area contributed by atoms with Crippen molar-refractivity contribution in [2.45, 2.75) is 46.7 Å². The smallest absolute Gasteiger partial charge is 0.409 e. The topological polar surface area (TPSA) is 115 Å². The SMILES string of the molecule is CCOC(=O)N1CCN(C(=O)C(C)n2cc(NC(=O)C(C)n3nccc3C)c(C)n2)CC1. The zero-order valence-electron chi connectivity index (χ0n) is 19.2. The van der Waals surface area contributed by atoms with Crippen LogP contribution in [-0.4, -0.2) is 80.1 Å². The van der Waals surface area contributed by atoms with Gasteiger partial charge in [0.1, 0.15) is 12.1 Å². The van der Waals surface area contributed by atoms with Gasteiger partial charge in [0, 0.05) is 44.3 Å². The molecule has 0 aromatic carbocycles. The Morgan fingerprint density at radius 3 is 2.34 bits per heavy atom. The van der Waals surface area contributed by atoms with Gasteiger partial charge in [-0.05, 0) is 40.7 Å². The number of hydrogen-bond acceptors (Lipinski definition) is 6. The highest BCUT2D eigenvalue weighted by atomic mass is 16.6. The van der Waals surface area contributed by atoms with Crippen molar-refractivity contribution in [1.29, 1.82) is 0 Å². The maximum atomic E-state index is 13.0. The highest BCUT2D eigenvalue weighted by Gasteiger charge is 2.29. The van der Waals surface area contributed by atoms with Gasteiger partial charge >= 0.3 is 6.09 Å². The standard InChI is InChI=1S/C21H31N7O4/c1-6-32-21(31)26-11-9-25(10-12-26)20(30)17(5)27-13-18(15(3)24-27)23-19(29)16(4)28-14(2)7-8-22-28/h7-8,13,16-17H,6,9-12H2,1-5H3,(H,23,29). The summed E-state index contributed by atoms with van der Waals surface area (Å²) in [4.78, 5) is 40.8. The third-order valence-electron chi connectivity index (χ3n) is 5.66. The van der Waals surface area contributed by atoms with Crippen LogP contribution in [0.1, 0.15) is 44.2 Å². The van der Waals surface area contributed by atoms with Crippen molar-refractivity contribution in [2.75, 3.05) is 38.1 Å². The molecule has 0 spiro atoms. The minimum absolute atomic E-state index is 0.0885. The molecule has 2 unspecified atom stereocenters. The van der Waals surface area contributed by atoms with E-state index >= 15 is 0 Å². The average Bonchev–Trinajstić information content (AvgIpc) is 3.37. The summed E-state index contributed by atoms with van der Waals surface area (Å²) in [6, 6.07) is 0.814. The summed E-state index contributed by atoms with van der Waals surface area (Å²) < 4.78 is 8.23. The molecular weight excluding hydrogens is 414 g/mol. The lowest BCUT2D eigenvalue weighted by molar-refractivity contribution is -0.136. The van der Waals surface area contributed by atoms with Crippen LogP contribution in [0, 0.1) is 13.8 Å². The molecule has 1 N–H and O–H groups in total. The molecule has 0 saturated carbocycles. The van der Waals surface area contributed by atoms with Gasteiger partial charge in [-0.15, -0.1) is 0 Å². The Morgan fingerprint density at radius 2 is 1.75 bits per heavy atom. The molecule has 1 fully saturated rings. The van der Waals surface area contributed by atoms with Crippen LogP contribution < -0.4 is 5.32 Å². The van der Waals surface area contributed by atoms with Crippen molar-refractivity contribution in [3.05, 3.63) is 29.8 Å². The number of anilines is 1. The van der Waals surface area contributed by atoms with Crippen LogP contribution in [0.3, 0.4) is 0 Å². The first kappa shape index (κ1) is 23.3. The number of aromatic nitrogens is 4. The maximum absolute atomic E-state index is 13.0. The summed E-state index contributed by atoms with van der Waals surface area (Å²) in [7, 11) is 0. The number of nitrogens with zero attached hydrogens (tertiary/aromatic N) is 6. The number of amides is 3. The molecule has 2 atom stereocenters. The van der Waals surface area contributed by atoms with Crippen molar-refractivity contribution in [1.82, 2.24) is 29.4 Å². The van der Waals surface area contributed by atoms with Gasteiger partial charge in [-0.3, -0.25) is 19.0 Å². The van der Waals surface area contributed by atoms with E-state index in [0.29, 0.717) is 44.2 Å². The zero-order valence-corrected chi connectivity index (χ0v) is 19.2. The van der Waals surface area contributed by atoms with E-state index in [1.807, 2.05) is 13.0 Å². The number of ether oxygens (including phenoxy) is 1. The highest BCUT2D eigenvalue weighted by Crippen LogP contribution is 2.20. The number of rotatable bonds is 6. The summed E-state index contributed by atoms with van der Waals surface area (Å²) in [6.45, 7) is 11.0. The summed E-state index contributed by atoms with van der Waals surface area (Å²) in [5.74, 6) is -0.303. The normalized spacial score (nSPS) is 15.9. The Morgan fingerprint density at radius 1 is 1.09 bits per heavy atom. The van der Waals surface area contributed by atoms with Crippen LogP contribution >= 0.6 is 0 Å². The van der Waals surface area contributed by atoms with Gasteiger partial charge in [0.15, 0.2) is 0 Å². The van der Waals surface area contributed by atoms with Crippen molar-refractivity contribution in [3.8, 4) is 0 Å². The molecule has 0 radical (unpaired) electrons. The van der Waals surface area contributed by atoms with Crippen molar-refractivity contribution in [3.63, 3.8) is 0 Å². The van der Waals surface area contributed by atoms with Crippen molar-refractivity contribution < 1.29 is 19.1 Å². The molecule has 3 rings (SSSR count). The molecule has 3 heterocycles. The fourth-order valence-corrected chi connectivity index (χ4v) is 3.64. The Hall–Kier alpha value is -3.37. The van der Waals surface area contributed by atoms with Gasteiger partial charge in [0.05, 0.1) is 18.0 Å². The monoisotopic (exact) mass is 445 g/mol. The Bertz CT molecular complexity index is 975. The second-order valence-electron chi connectivity index (χ2n) is 7.88. The molecule has 11 nitrogen and oxygen atoms in total. The largest absolute Gasteiger partial charge is 0.450 e. The Kier molecular flexibility index (Phi) is 7.16. The second kappa shape index (κ2) is 9.84. The molecule has 32 heavy (non-hydrogen) atoms. The summed E-state index contributed by atoms with van der Waals surface area (Å²) in [6.07, 6.45) is 2.98. The van der Waals surface area contributed by atoms with Crippen molar-refractivity contribution in [2.24, 2.45) is 0 Å². The van der Waals surface area contributed by atoms with E-state index < -0.39 is 12.1 Å². The van der Waals surface area contributed by atoms with Crippen LogP contribution in [-0.2, 0) is 14.3 Å². The van der Waals surface area contributed by atoms with Crippen LogP contribution in [0.4, 0.5) is 10.5 Å².